The van der Waals surface area contributed by atoms with Crippen LogP contribution in [0.1, 0.15) is 31.8 Å². The maximum absolute atomic E-state index is 10.2. The first-order valence-corrected chi connectivity index (χ1v) is 6.30. The smallest absolute Gasteiger partial charge is 0.545 e. The first-order chi connectivity index (χ1) is 10.5. The Morgan fingerprint density at radius 3 is 1.13 bits per heavy atom. The van der Waals surface area contributed by atoms with Crippen molar-refractivity contribution in [2.24, 2.45) is 0 Å². The molecule has 0 atom stereocenters. The Morgan fingerprint density at radius 2 is 0.957 bits per heavy atom. The van der Waals surface area contributed by atoms with E-state index in [9.17, 15) is 19.8 Å². The summed E-state index contributed by atoms with van der Waals surface area (Å²) in [5.41, 5.74) is 1.63. The SMILES string of the molecule is O=C([O-])c1ccc(CO)cc1.O=C([O-])c1ccc(CO)cc1.[Zn+2]. The molecule has 0 bridgehead atoms. The van der Waals surface area contributed by atoms with Gasteiger partial charge in [0.1, 0.15) is 0 Å². The summed E-state index contributed by atoms with van der Waals surface area (Å²) < 4.78 is 0. The maximum Gasteiger partial charge on any atom is 2.00 e. The number of aliphatic hydroxyl groups is 2. The summed E-state index contributed by atoms with van der Waals surface area (Å²) in [4.78, 5) is 20.5. The largest absolute Gasteiger partial charge is 2.00 e. The number of carbonyl (C=O) groups is 2. The van der Waals surface area contributed by atoms with Crippen LogP contribution in [-0.2, 0) is 32.7 Å². The molecule has 0 radical (unpaired) electrons. The van der Waals surface area contributed by atoms with E-state index in [0.717, 1.165) is 0 Å². The average Bonchev–Trinajstić information content (AvgIpc) is 2.55. The zero-order valence-corrected chi connectivity index (χ0v) is 15.2. The van der Waals surface area contributed by atoms with Crippen molar-refractivity contribution in [2.75, 3.05) is 0 Å². The predicted molar refractivity (Wildman–Crippen MR) is 73.4 cm³/mol. The second-order valence-electron chi connectivity index (χ2n) is 4.28. The van der Waals surface area contributed by atoms with E-state index in [0.29, 0.717) is 11.1 Å². The van der Waals surface area contributed by atoms with Crippen LogP contribution < -0.4 is 10.2 Å². The number of aromatic carboxylic acids is 2. The minimum Gasteiger partial charge on any atom is -0.545 e. The van der Waals surface area contributed by atoms with Crippen molar-refractivity contribution in [1.82, 2.24) is 0 Å². The van der Waals surface area contributed by atoms with Gasteiger partial charge in [0.2, 0.25) is 0 Å². The first kappa shape index (κ1) is 20.9. The molecule has 0 saturated carbocycles. The Balaban J connectivity index is 0.000000403. The maximum atomic E-state index is 10.2. The molecule has 2 aromatic carbocycles. The molecule has 0 aliphatic heterocycles. The number of carbonyl (C=O) groups excluding carboxylic acids is 2. The van der Waals surface area contributed by atoms with Crippen LogP contribution in [0.25, 0.3) is 0 Å². The second kappa shape index (κ2) is 10.6. The summed E-state index contributed by atoms with van der Waals surface area (Å²) in [7, 11) is 0. The number of carboxylic acid groups (broad SMARTS) is 2. The van der Waals surface area contributed by atoms with E-state index in [4.69, 9.17) is 10.2 Å². The number of benzene rings is 2. The first-order valence-electron chi connectivity index (χ1n) is 6.30. The molecule has 7 heteroatoms. The Bertz CT molecular complexity index is 565. The van der Waals surface area contributed by atoms with Crippen LogP contribution in [0, 0.1) is 0 Å². The van der Waals surface area contributed by atoms with Crippen LogP contribution >= 0.6 is 0 Å². The molecule has 2 aromatic rings. The van der Waals surface area contributed by atoms with E-state index < -0.39 is 11.9 Å². The molecule has 0 saturated heterocycles. The fraction of sp³-hybridized carbons (Fsp3) is 0.125. The number of hydrogen-bond donors (Lipinski definition) is 2. The number of aliphatic hydroxyl groups excluding tert-OH is 2. The molecule has 0 aliphatic rings. The van der Waals surface area contributed by atoms with E-state index in [1.807, 2.05) is 0 Å². The van der Waals surface area contributed by atoms with Gasteiger partial charge in [-0.2, -0.15) is 0 Å². The second-order valence-corrected chi connectivity index (χ2v) is 4.28. The van der Waals surface area contributed by atoms with Gasteiger partial charge in [0.25, 0.3) is 0 Å². The molecular weight excluding hydrogens is 354 g/mol. The number of hydrogen-bond acceptors (Lipinski definition) is 6. The molecule has 0 aromatic heterocycles. The fourth-order valence-corrected chi connectivity index (χ4v) is 1.49. The monoisotopic (exact) mass is 366 g/mol. The third-order valence-electron chi connectivity index (χ3n) is 2.74. The molecule has 0 spiro atoms. The van der Waals surface area contributed by atoms with Crippen molar-refractivity contribution >= 4 is 11.9 Å². The zero-order valence-electron chi connectivity index (χ0n) is 12.3. The molecule has 0 amide bonds. The molecule has 2 rings (SSSR count). The van der Waals surface area contributed by atoms with Crippen LogP contribution in [0.15, 0.2) is 48.5 Å². The minimum atomic E-state index is -1.20. The Kier molecular flexibility index (Phi) is 9.66. The average molecular weight is 368 g/mol. The van der Waals surface area contributed by atoms with Crippen LogP contribution in [0.4, 0.5) is 0 Å². The summed E-state index contributed by atoms with van der Waals surface area (Å²) in [5.74, 6) is -2.40. The van der Waals surface area contributed by atoms with Gasteiger partial charge < -0.3 is 30.0 Å². The molecule has 0 aliphatic carbocycles. The van der Waals surface area contributed by atoms with E-state index in [1.54, 1.807) is 24.3 Å². The van der Waals surface area contributed by atoms with Gasteiger partial charge in [-0.05, 0) is 22.3 Å². The van der Waals surface area contributed by atoms with Crippen LogP contribution in [0.2, 0.25) is 0 Å². The van der Waals surface area contributed by atoms with Gasteiger partial charge in [0, 0.05) is 0 Å². The van der Waals surface area contributed by atoms with E-state index >= 15 is 0 Å². The Labute approximate surface area is 145 Å². The van der Waals surface area contributed by atoms with Gasteiger partial charge >= 0.3 is 19.5 Å². The van der Waals surface area contributed by atoms with Crippen molar-refractivity contribution in [2.45, 2.75) is 13.2 Å². The van der Waals surface area contributed by atoms with Gasteiger partial charge in [-0.25, -0.2) is 0 Å². The van der Waals surface area contributed by atoms with Gasteiger partial charge in [0.05, 0.1) is 25.2 Å². The van der Waals surface area contributed by atoms with E-state index in [1.165, 1.54) is 24.3 Å². The molecule has 6 nitrogen and oxygen atoms in total. The summed E-state index contributed by atoms with van der Waals surface area (Å²) in [6.45, 7) is -0.152. The quantitative estimate of drug-likeness (QED) is 0.674. The van der Waals surface area contributed by atoms with Gasteiger partial charge in [-0.1, -0.05) is 48.5 Å². The molecule has 2 N–H and O–H groups in total. The Morgan fingerprint density at radius 1 is 0.696 bits per heavy atom. The van der Waals surface area contributed by atoms with Crippen LogP contribution in [0.3, 0.4) is 0 Å². The summed E-state index contributed by atoms with van der Waals surface area (Å²) >= 11 is 0. The van der Waals surface area contributed by atoms with Gasteiger partial charge in [-0.3, -0.25) is 0 Å². The van der Waals surface area contributed by atoms with Gasteiger partial charge in [0.15, 0.2) is 0 Å². The fourth-order valence-electron chi connectivity index (χ4n) is 1.49. The van der Waals surface area contributed by atoms with Crippen LogP contribution in [-0.4, -0.2) is 22.2 Å². The van der Waals surface area contributed by atoms with Crippen molar-refractivity contribution in [1.29, 1.82) is 0 Å². The summed E-state index contributed by atoms with van der Waals surface area (Å²) in [5, 5.41) is 37.7. The topological polar surface area (TPSA) is 121 Å². The molecule has 0 unspecified atom stereocenters. The van der Waals surface area contributed by atoms with Crippen LogP contribution in [0.5, 0.6) is 0 Å². The van der Waals surface area contributed by atoms with E-state index in [-0.39, 0.29) is 43.8 Å². The van der Waals surface area contributed by atoms with Crippen molar-refractivity contribution in [3.8, 4) is 0 Å². The third-order valence-corrected chi connectivity index (χ3v) is 2.74. The molecule has 0 fully saturated rings. The molecule has 116 valence electrons. The van der Waals surface area contributed by atoms with E-state index in [2.05, 4.69) is 0 Å². The normalized spacial score (nSPS) is 9.13. The third kappa shape index (κ3) is 7.15. The molecule has 0 heterocycles. The number of rotatable bonds is 4. The van der Waals surface area contributed by atoms with Crippen molar-refractivity contribution in [3.63, 3.8) is 0 Å². The number of carboxylic acids is 2. The molecular formula is C16H14O6Zn. The van der Waals surface area contributed by atoms with Gasteiger partial charge in [-0.15, -0.1) is 0 Å². The van der Waals surface area contributed by atoms with Crippen molar-refractivity contribution < 1.29 is 49.5 Å². The summed E-state index contributed by atoms with van der Waals surface area (Å²) in [6.07, 6.45) is 0. The summed E-state index contributed by atoms with van der Waals surface area (Å²) in [6, 6.07) is 11.8. The minimum absolute atomic E-state index is 0. The van der Waals surface area contributed by atoms with Crippen molar-refractivity contribution in [3.05, 3.63) is 70.8 Å². The predicted octanol–water partition coefficient (Wildman–Crippen LogP) is -0.918. The molecule has 23 heavy (non-hydrogen) atoms. The Hall–Kier alpha value is -2.08. The zero-order chi connectivity index (χ0) is 16.5. The standard InChI is InChI=1S/2C8H8O3.Zn/c2*9-5-6-1-3-7(4-2-6)8(10)11;/h2*1-4,9H,5H2,(H,10,11);/q;;+2/p-2.